The van der Waals surface area contributed by atoms with E-state index in [9.17, 15) is 9.59 Å². The SMILES string of the molecule is O=c1c2ccccc2nc2n(-c3ccc(-n4c5ccccc5n5c(=O)c6ccccc6nc45)nc3)c3ccccc3n12. The average molecular weight is 546 g/mol. The Labute approximate surface area is 235 Å². The van der Waals surface area contributed by atoms with Gasteiger partial charge in [-0.1, -0.05) is 48.5 Å². The van der Waals surface area contributed by atoms with Crippen LogP contribution in [-0.2, 0) is 0 Å². The maximum atomic E-state index is 13.6. The number of fused-ring (bicyclic) bond motifs is 8. The van der Waals surface area contributed by atoms with Crippen LogP contribution in [0.4, 0.5) is 0 Å². The summed E-state index contributed by atoms with van der Waals surface area (Å²) in [6, 6.07) is 34.0. The van der Waals surface area contributed by atoms with Crippen molar-refractivity contribution in [1.82, 2.24) is 32.9 Å². The van der Waals surface area contributed by atoms with Crippen molar-refractivity contribution in [2.45, 2.75) is 0 Å². The summed E-state index contributed by atoms with van der Waals surface area (Å²) in [6.45, 7) is 0. The van der Waals surface area contributed by atoms with Gasteiger partial charge in [0.25, 0.3) is 11.1 Å². The third-order valence-electron chi connectivity index (χ3n) is 7.86. The van der Waals surface area contributed by atoms with Crippen LogP contribution in [0.3, 0.4) is 0 Å². The molecule has 0 aliphatic rings. The summed E-state index contributed by atoms with van der Waals surface area (Å²) in [5.41, 5.74) is 4.91. The van der Waals surface area contributed by atoms with Crippen molar-refractivity contribution >= 4 is 55.4 Å². The van der Waals surface area contributed by atoms with Crippen molar-refractivity contribution in [1.29, 1.82) is 0 Å². The van der Waals surface area contributed by atoms with Gasteiger partial charge in [-0.25, -0.2) is 23.8 Å². The van der Waals surface area contributed by atoms with E-state index in [-0.39, 0.29) is 11.1 Å². The van der Waals surface area contributed by atoms with Crippen LogP contribution in [-0.4, -0.2) is 32.9 Å². The lowest BCUT2D eigenvalue weighted by Crippen LogP contribution is -2.15. The topological polar surface area (TPSA) is 91.5 Å². The second-order valence-corrected chi connectivity index (χ2v) is 10.2. The van der Waals surface area contributed by atoms with Crippen LogP contribution in [0.25, 0.3) is 66.9 Å². The average Bonchev–Trinajstić information content (AvgIpc) is 3.54. The number of para-hydroxylation sites is 6. The molecule has 9 heteroatoms. The van der Waals surface area contributed by atoms with E-state index < -0.39 is 0 Å². The zero-order valence-corrected chi connectivity index (χ0v) is 21.9. The molecule has 198 valence electrons. The van der Waals surface area contributed by atoms with E-state index in [1.165, 1.54) is 0 Å². The normalized spacial score (nSPS) is 12.0. The van der Waals surface area contributed by atoms with Crippen LogP contribution in [0, 0.1) is 0 Å². The highest BCUT2D eigenvalue weighted by Crippen LogP contribution is 2.27. The minimum Gasteiger partial charge on any atom is -0.277 e. The molecule has 4 aromatic carbocycles. The van der Waals surface area contributed by atoms with E-state index in [1.807, 2.05) is 106 Å². The molecule has 0 aliphatic heterocycles. The van der Waals surface area contributed by atoms with Crippen molar-refractivity contribution < 1.29 is 0 Å². The molecule has 0 amide bonds. The van der Waals surface area contributed by atoms with Crippen LogP contribution in [0.5, 0.6) is 0 Å². The number of rotatable bonds is 2. The highest BCUT2D eigenvalue weighted by atomic mass is 16.1. The number of hydrogen-bond donors (Lipinski definition) is 0. The van der Waals surface area contributed by atoms with Crippen LogP contribution < -0.4 is 11.1 Å². The third-order valence-corrected chi connectivity index (χ3v) is 7.86. The van der Waals surface area contributed by atoms with Gasteiger partial charge in [-0.15, -0.1) is 0 Å². The van der Waals surface area contributed by atoms with Crippen molar-refractivity contribution in [3.8, 4) is 11.5 Å². The van der Waals surface area contributed by atoms with Crippen molar-refractivity contribution in [3.63, 3.8) is 0 Å². The molecule has 0 spiro atoms. The van der Waals surface area contributed by atoms with Crippen molar-refractivity contribution in [3.05, 3.63) is 136 Å². The Hall–Kier alpha value is -6.09. The molecule has 0 saturated heterocycles. The summed E-state index contributed by atoms with van der Waals surface area (Å²) in [6.07, 6.45) is 1.76. The molecule has 0 atom stereocenters. The van der Waals surface area contributed by atoms with E-state index in [2.05, 4.69) is 0 Å². The summed E-state index contributed by atoms with van der Waals surface area (Å²) < 4.78 is 7.14. The summed E-state index contributed by atoms with van der Waals surface area (Å²) in [5.74, 6) is 1.60. The van der Waals surface area contributed by atoms with E-state index in [0.717, 1.165) is 27.8 Å². The summed E-state index contributed by atoms with van der Waals surface area (Å²) in [7, 11) is 0. The lowest BCUT2D eigenvalue weighted by atomic mass is 10.2. The zero-order valence-electron chi connectivity index (χ0n) is 21.9. The summed E-state index contributed by atoms with van der Waals surface area (Å²) in [4.78, 5) is 41.8. The molecule has 5 aromatic heterocycles. The quantitative estimate of drug-likeness (QED) is 0.294. The maximum Gasteiger partial charge on any atom is 0.267 e. The fourth-order valence-electron chi connectivity index (χ4n) is 6.00. The summed E-state index contributed by atoms with van der Waals surface area (Å²) in [5, 5.41) is 1.12. The van der Waals surface area contributed by atoms with E-state index in [1.54, 1.807) is 27.1 Å². The Morgan fingerprint density at radius 2 is 0.952 bits per heavy atom. The van der Waals surface area contributed by atoms with Gasteiger partial charge < -0.3 is 0 Å². The maximum absolute atomic E-state index is 13.6. The number of benzene rings is 4. The Morgan fingerprint density at radius 1 is 0.476 bits per heavy atom. The first kappa shape index (κ1) is 22.7. The van der Waals surface area contributed by atoms with Gasteiger partial charge in [-0.2, -0.15) is 0 Å². The van der Waals surface area contributed by atoms with Crippen LogP contribution >= 0.6 is 0 Å². The predicted molar refractivity (Wildman–Crippen MR) is 163 cm³/mol. The third kappa shape index (κ3) is 2.93. The van der Waals surface area contributed by atoms with Gasteiger partial charge in [0.15, 0.2) is 0 Å². The smallest absolute Gasteiger partial charge is 0.267 e. The fraction of sp³-hybridized carbons (Fsp3) is 0. The molecule has 0 saturated carbocycles. The van der Waals surface area contributed by atoms with Gasteiger partial charge >= 0.3 is 0 Å². The number of aromatic nitrogens is 7. The molecule has 9 nitrogen and oxygen atoms in total. The predicted octanol–water partition coefficient (Wildman–Crippen LogP) is 5.29. The zero-order chi connectivity index (χ0) is 27.9. The largest absolute Gasteiger partial charge is 0.277 e. The van der Waals surface area contributed by atoms with E-state index in [4.69, 9.17) is 15.0 Å². The first-order valence-corrected chi connectivity index (χ1v) is 13.5. The van der Waals surface area contributed by atoms with Gasteiger partial charge in [0.2, 0.25) is 11.6 Å². The number of nitrogens with zero attached hydrogens (tertiary/aromatic N) is 7. The van der Waals surface area contributed by atoms with Gasteiger partial charge in [-0.3, -0.25) is 18.7 Å². The van der Waals surface area contributed by atoms with Crippen LogP contribution in [0.2, 0.25) is 0 Å². The van der Waals surface area contributed by atoms with Crippen molar-refractivity contribution in [2.24, 2.45) is 0 Å². The Kier molecular flexibility index (Phi) is 4.44. The Bertz CT molecular complexity index is 2490. The van der Waals surface area contributed by atoms with Gasteiger partial charge in [0, 0.05) is 0 Å². The van der Waals surface area contributed by atoms with Crippen molar-refractivity contribution in [2.75, 3.05) is 0 Å². The Balaban J connectivity index is 1.32. The number of hydrogen-bond acceptors (Lipinski definition) is 5. The molecule has 42 heavy (non-hydrogen) atoms. The lowest BCUT2D eigenvalue weighted by Gasteiger charge is -2.09. The standard InChI is InChI=1S/C33H19N7O2/c41-30-21-9-1-3-11-23(21)35-32-37(25-13-5-7-15-27(25)39(30)32)20-17-18-29(34-19-20)38-26-14-6-8-16-28(26)40-31(42)22-10-2-4-12-24(22)36-33(38)40/h1-19H. The molecule has 0 radical (unpaired) electrons. The van der Waals surface area contributed by atoms with Gasteiger partial charge in [-0.05, 0) is 60.7 Å². The van der Waals surface area contributed by atoms with Gasteiger partial charge in [0.1, 0.15) is 5.82 Å². The first-order chi connectivity index (χ1) is 20.7. The molecule has 9 aromatic rings. The molecule has 5 heterocycles. The second-order valence-electron chi connectivity index (χ2n) is 10.2. The monoisotopic (exact) mass is 545 g/mol. The van der Waals surface area contributed by atoms with Crippen LogP contribution in [0.15, 0.2) is 125 Å². The highest BCUT2D eigenvalue weighted by Gasteiger charge is 2.20. The molecule has 0 N–H and O–H groups in total. The lowest BCUT2D eigenvalue weighted by molar-refractivity contribution is 0.991. The minimum absolute atomic E-state index is 0.121. The highest BCUT2D eigenvalue weighted by molar-refractivity contribution is 5.89. The molecule has 0 unspecified atom stereocenters. The van der Waals surface area contributed by atoms with E-state index >= 15 is 0 Å². The van der Waals surface area contributed by atoms with Gasteiger partial charge in [0.05, 0.1) is 55.8 Å². The summed E-state index contributed by atoms with van der Waals surface area (Å²) >= 11 is 0. The molecule has 9 rings (SSSR count). The van der Waals surface area contributed by atoms with Crippen LogP contribution in [0.1, 0.15) is 0 Å². The Morgan fingerprint density at radius 3 is 1.50 bits per heavy atom. The molecule has 0 aliphatic carbocycles. The molecule has 0 fully saturated rings. The fourth-order valence-corrected chi connectivity index (χ4v) is 6.00. The molecular formula is C33H19N7O2. The minimum atomic E-state index is -0.129. The molecule has 0 bridgehead atoms. The van der Waals surface area contributed by atoms with E-state index in [0.29, 0.717) is 39.2 Å². The number of imidazole rings is 2. The molecular weight excluding hydrogens is 526 g/mol. The second kappa shape index (κ2) is 8.21. The number of pyridine rings is 1. The first-order valence-electron chi connectivity index (χ1n) is 13.5.